The fourth-order valence-corrected chi connectivity index (χ4v) is 2.26. The van der Waals surface area contributed by atoms with E-state index in [1.165, 1.54) is 6.08 Å². The minimum Gasteiger partial charge on any atom is -0.497 e. The molecule has 1 N–H and O–H groups in total. The van der Waals surface area contributed by atoms with Crippen LogP contribution in [0.25, 0.3) is 6.08 Å². The van der Waals surface area contributed by atoms with Gasteiger partial charge in [-0.2, -0.15) is 0 Å². The van der Waals surface area contributed by atoms with Crippen molar-refractivity contribution < 1.29 is 14.3 Å². The molecule has 0 aliphatic rings. The Labute approximate surface area is 144 Å². The van der Waals surface area contributed by atoms with Gasteiger partial charge >= 0.3 is 0 Å². The number of unbranched alkanes of at least 4 members (excludes halogenated alkanes) is 1. The lowest BCUT2D eigenvalue weighted by Gasteiger charge is -2.24. The first-order chi connectivity index (χ1) is 11.5. The fraction of sp³-hybridized carbons (Fsp3) is 0.474. The number of likely N-dealkylation sites (N-methyl/N-ethyl adjacent to an activating group) is 1. The molecule has 0 fully saturated rings. The third-order valence-electron chi connectivity index (χ3n) is 3.75. The van der Waals surface area contributed by atoms with Crippen LogP contribution in [-0.2, 0) is 9.59 Å². The highest BCUT2D eigenvalue weighted by molar-refractivity contribution is 5.95. The quantitative estimate of drug-likeness (QED) is 0.708. The van der Waals surface area contributed by atoms with Crippen molar-refractivity contribution in [2.45, 2.75) is 39.7 Å². The van der Waals surface area contributed by atoms with Gasteiger partial charge in [0.15, 0.2) is 0 Å². The minimum atomic E-state index is -0.533. The summed E-state index contributed by atoms with van der Waals surface area (Å²) in [5.74, 6) is 0.443. The molecule has 1 aromatic rings. The molecule has 0 aromatic heterocycles. The minimum absolute atomic E-state index is 0.0443. The average Bonchev–Trinajstić information content (AvgIpc) is 2.60. The second-order valence-electron chi connectivity index (χ2n) is 5.61. The van der Waals surface area contributed by atoms with Crippen molar-refractivity contribution in [2.24, 2.45) is 0 Å². The predicted octanol–water partition coefficient (Wildman–Crippen LogP) is 2.86. The van der Waals surface area contributed by atoms with E-state index in [-0.39, 0.29) is 11.8 Å². The van der Waals surface area contributed by atoms with Crippen LogP contribution in [0.5, 0.6) is 5.75 Å². The predicted molar refractivity (Wildman–Crippen MR) is 96.8 cm³/mol. The van der Waals surface area contributed by atoms with Crippen molar-refractivity contribution in [2.75, 3.05) is 20.2 Å². The monoisotopic (exact) mass is 332 g/mol. The number of nitrogens with one attached hydrogen (secondary N) is 1. The van der Waals surface area contributed by atoms with Crippen LogP contribution in [0.4, 0.5) is 0 Å². The van der Waals surface area contributed by atoms with Crippen LogP contribution in [0.1, 0.15) is 39.2 Å². The highest BCUT2D eigenvalue weighted by Gasteiger charge is 2.19. The number of carbonyl (C=O) groups excluding carboxylic acids is 2. The summed E-state index contributed by atoms with van der Waals surface area (Å²) in [4.78, 5) is 26.1. The van der Waals surface area contributed by atoms with Gasteiger partial charge in [0.1, 0.15) is 11.8 Å². The molecule has 5 heteroatoms. The van der Waals surface area contributed by atoms with E-state index in [0.29, 0.717) is 6.54 Å². The zero-order chi connectivity index (χ0) is 17.9. The number of carbonyl (C=O) groups is 2. The smallest absolute Gasteiger partial charge is 0.244 e. The Morgan fingerprint density at radius 3 is 2.46 bits per heavy atom. The molecule has 1 atom stereocenters. The maximum Gasteiger partial charge on any atom is 0.244 e. The van der Waals surface area contributed by atoms with Crippen molar-refractivity contribution >= 4 is 17.9 Å². The highest BCUT2D eigenvalue weighted by Crippen LogP contribution is 2.12. The number of nitrogens with zero attached hydrogens (tertiary/aromatic N) is 1. The van der Waals surface area contributed by atoms with Crippen LogP contribution in [-0.4, -0.2) is 43.0 Å². The van der Waals surface area contributed by atoms with Crippen molar-refractivity contribution in [3.8, 4) is 5.75 Å². The summed E-state index contributed by atoms with van der Waals surface area (Å²) in [6.07, 6.45) is 5.15. The van der Waals surface area contributed by atoms with Crippen LogP contribution in [0, 0.1) is 0 Å². The van der Waals surface area contributed by atoms with Crippen LogP contribution in [0.15, 0.2) is 30.3 Å². The lowest BCUT2D eigenvalue weighted by atomic mass is 10.2. The van der Waals surface area contributed by atoms with Gasteiger partial charge in [-0.3, -0.25) is 9.59 Å². The number of methoxy groups -OCH3 is 1. The van der Waals surface area contributed by atoms with Gasteiger partial charge in [0.2, 0.25) is 11.8 Å². The summed E-state index contributed by atoms with van der Waals surface area (Å²) in [5, 5.41) is 2.72. The van der Waals surface area contributed by atoms with E-state index in [4.69, 9.17) is 4.74 Å². The molecule has 0 aliphatic heterocycles. The van der Waals surface area contributed by atoms with Crippen LogP contribution >= 0.6 is 0 Å². The molecule has 5 nitrogen and oxygen atoms in total. The van der Waals surface area contributed by atoms with Gasteiger partial charge in [-0.05, 0) is 44.0 Å². The summed E-state index contributed by atoms with van der Waals surface area (Å²) >= 11 is 0. The van der Waals surface area contributed by atoms with E-state index in [9.17, 15) is 9.59 Å². The molecule has 1 rings (SSSR count). The average molecular weight is 332 g/mol. The molecule has 1 aromatic carbocycles. The third kappa shape index (κ3) is 6.44. The molecule has 0 bridgehead atoms. The second-order valence-corrected chi connectivity index (χ2v) is 5.61. The SMILES string of the molecule is CCCCN(CC)C(=O)C(C)NC(=O)C=Cc1ccc(OC)cc1. The van der Waals surface area contributed by atoms with Crippen LogP contribution in [0.3, 0.4) is 0 Å². The van der Waals surface area contributed by atoms with Crippen molar-refractivity contribution in [1.29, 1.82) is 0 Å². The number of amides is 2. The summed E-state index contributed by atoms with van der Waals surface area (Å²) in [7, 11) is 1.61. The Balaban J connectivity index is 2.55. The van der Waals surface area contributed by atoms with Crippen LogP contribution in [0.2, 0.25) is 0 Å². The number of benzene rings is 1. The molecular formula is C19H28N2O3. The van der Waals surface area contributed by atoms with Crippen LogP contribution < -0.4 is 10.1 Å². The molecule has 0 aliphatic carbocycles. The Morgan fingerprint density at radius 1 is 1.25 bits per heavy atom. The first-order valence-electron chi connectivity index (χ1n) is 8.43. The molecule has 0 saturated heterocycles. The van der Waals surface area contributed by atoms with Crippen molar-refractivity contribution in [3.05, 3.63) is 35.9 Å². The van der Waals surface area contributed by atoms with Gasteiger partial charge < -0.3 is 15.0 Å². The maximum atomic E-state index is 12.3. The van der Waals surface area contributed by atoms with E-state index < -0.39 is 6.04 Å². The summed E-state index contributed by atoms with van der Waals surface area (Å²) in [5.41, 5.74) is 0.892. The lowest BCUT2D eigenvalue weighted by molar-refractivity contribution is -0.135. The van der Waals surface area contributed by atoms with E-state index in [2.05, 4.69) is 12.2 Å². The molecular weight excluding hydrogens is 304 g/mol. The van der Waals surface area contributed by atoms with Gasteiger partial charge in [-0.15, -0.1) is 0 Å². The first-order valence-corrected chi connectivity index (χ1v) is 8.43. The maximum absolute atomic E-state index is 12.3. The number of hydrogen-bond donors (Lipinski definition) is 1. The highest BCUT2D eigenvalue weighted by atomic mass is 16.5. The standard InChI is InChI=1S/C19H28N2O3/c1-5-7-14-21(6-2)19(23)15(3)20-18(22)13-10-16-8-11-17(24-4)12-9-16/h8-13,15H,5-7,14H2,1-4H3,(H,20,22). The molecule has 132 valence electrons. The van der Waals surface area contributed by atoms with Crippen molar-refractivity contribution in [3.63, 3.8) is 0 Å². The first kappa shape index (κ1) is 19.7. The summed E-state index contributed by atoms with van der Waals surface area (Å²) in [6.45, 7) is 7.14. The zero-order valence-electron chi connectivity index (χ0n) is 15.0. The van der Waals surface area contributed by atoms with Gasteiger partial charge in [0.05, 0.1) is 7.11 Å². The molecule has 0 saturated carbocycles. The molecule has 1 unspecified atom stereocenters. The number of ether oxygens (including phenoxy) is 1. The lowest BCUT2D eigenvalue weighted by Crippen LogP contribution is -2.46. The normalized spacial score (nSPS) is 12.0. The van der Waals surface area contributed by atoms with E-state index in [0.717, 1.165) is 30.7 Å². The Bertz CT molecular complexity index is 552. The van der Waals surface area contributed by atoms with E-state index >= 15 is 0 Å². The second kappa shape index (κ2) is 10.5. The Morgan fingerprint density at radius 2 is 1.92 bits per heavy atom. The summed E-state index contributed by atoms with van der Waals surface area (Å²) < 4.78 is 5.09. The zero-order valence-corrected chi connectivity index (χ0v) is 15.0. The summed E-state index contributed by atoms with van der Waals surface area (Å²) in [6, 6.07) is 6.85. The fourth-order valence-electron chi connectivity index (χ4n) is 2.26. The van der Waals surface area contributed by atoms with E-state index in [1.54, 1.807) is 25.0 Å². The molecule has 0 radical (unpaired) electrons. The molecule has 0 heterocycles. The molecule has 24 heavy (non-hydrogen) atoms. The Hall–Kier alpha value is -2.30. The largest absolute Gasteiger partial charge is 0.497 e. The number of rotatable bonds is 9. The van der Waals surface area contributed by atoms with Gasteiger partial charge in [0.25, 0.3) is 0 Å². The molecule has 2 amide bonds. The van der Waals surface area contributed by atoms with Gasteiger partial charge in [0, 0.05) is 19.2 Å². The number of hydrogen-bond acceptors (Lipinski definition) is 3. The van der Waals surface area contributed by atoms with Gasteiger partial charge in [-0.25, -0.2) is 0 Å². The topological polar surface area (TPSA) is 58.6 Å². The molecule has 0 spiro atoms. The Kier molecular flexibility index (Phi) is 8.61. The van der Waals surface area contributed by atoms with E-state index in [1.807, 2.05) is 31.2 Å². The van der Waals surface area contributed by atoms with Gasteiger partial charge in [-0.1, -0.05) is 25.5 Å². The third-order valence-corrected chi connectivity index (χ3v) is 3.75. The van der Waals surface area contributed by atoms with Crippen molar-refractivity contribution in [1.82, 2.24) is 10.2 Å².